The highest BCUT2D eigenvalue weighted by Gasteiger charge is 2.02. The zero-order valence-corrected chi connectivity index (χ0v) is 6.99. The number of rotatable bonds is 3. The van der Waals surface area contributed by atoms with Crippen LogP contribution in [-0.2, 0) is 0 Å². The fraction of sp³-hybridized carbons (Fsp3) is 0.375. The van der Waals surface area contributed by atoms with Crippen LogP contribution >= 0.6 is 0 Å². The predicted molar refractivity (Wildman–Crippen MR) is 48.8 cm³/mol. The second-order valence-electron chi connectivity index (χ2n) is 2.66. The van der Waals surface area contributed by atoms with Gasteiger partial charge in [0.1, 0.15) is 5.82 Å². The van der Waals surface area contributed by atoms with Gasteiger partial charge in [0.2, 0.25) is 0 Å². The van der Waals surface area contributed by atoms with Crippen LogP contribution in [0.2, 0.25) is 0 Å². The minimum Gasteiger partial charge on any atom is -0.394 e. The topological polar surface area (TPSA) is 71.2 Å². The smallest absolute Gasteiger partial charge is 0.146 e. The number of nitrogens with zero attached hydrogens (tertiary/aromatic N) is 1. The number of nitrogen functional groups attached to an aromatic ring is 1. The summed E-state index contributed by atoms with van der Waals surface area (Å²) in [6.07, 6.45) is 1.63. The fourth-order valence-electron chi connectivity index (χ4n) is 0.851. The Morgan fingerprint density at radius 3 is 3.08 bits per heavy atom. The van der Waals surface area contributed by atoms with Gasteiger partial charge in [-0.25, -0.2) is 4.98 Å². The van der Waals surface area contributed by atoms with Crippen molar-refractivity contribution in [3.05, 3.63) is 18.3 Å². The third-order valence-electron chi connectivity index (χ3n) is 1.51. The normalized spacial score (nSPS) is 12.5. The Morgan fingerprint density at radius 1 is 1.75 bits per heavy atom. The van der Waals surface area contributed by atoms with Crippen molar-refractivity contribution in [1.82, 2.24) is 4.98 Å². The molecule has 1 unspecified atom stereocenters. The highest BCUT2D eigenvalue weighted by atomic mass is 16.3. The van der Waals surface area contributed by atoms with Gasteiger partial charge >= 0.3 is 0 Å². The molecule has 4 N–H and O–H groups in total. The van der Waals surface area contributed by atoms with Gasteiger partial charge in [-0.2, -0.15) is 0 Å². The lowest BCUT2D eigenvalue weighted by atomic mass is 10.3. The molecule has 0 fully saturated rings. The number of anilines is 2. The van der Waals surface area contributed by atoms with Gasteiger partial charge in [-0.15, -0.1) is 0 Å². The van der Waals surface area contributed by atoms with Crippen molar-refractivity contribution in [3.63, 3.8) is 0 Å². The molecule has 1 heterocycles. The van der Waals surface area contributed by atoms with Crippen LogP contribution in [0.4, 0.5) is 11.5 Å². The third-order valence-corrected chi connectivity index (χ3v) is 1.51. The lowest BCUT2D eigenvalue weighted by molar-refractivity contribution is 0.281. The van der Waals surface area contributed by atoms with E-state index in [1.54, 1.807) is 12.3 Å². The van der Waals surface area contributed by atoms with E-state index >= 15 is 0 Å². The molecule has 0 aliphatic rings. The summed E-state index contributed by atoms with van der Waals surface area (Å²) in [4.78, 5) is 3.90. The highest BCUT2D eigenvalue weighted by molar-refractivity contribution is 5.61. The predicted octanol–water partition coefficient (Wildman–Crippen LogP) is 0.457. The van der Waals surface area contributed by atoms with E-state index in [4.69, 9.17) is 10.8 Å². The molecule has 66 valence electrons. The molecular formula is C8H13N3O. The first-order valence-corrected chi connectivity index (χ1v) is 3.82. The number of pyridine rings is 1. The summed E-state index contributed by atoms with van der Waals surface area (Å²) in [6.45, 7) is 1.95. The van der Waals surface area contributed by atoms with Crippen LogP contribution in [0.3, 0.4) is 0 Å². The van der Waals surface area contributed by atoms with Gasteiger partial charge in [0.25, 0.3) is 0 Å². The molecule has 0 saturated carbocycles. The molecule has 0 aromatic carbocycles. The van der Waals surface area contributed by atoms with E-state index in [9.17, 15) is 0 Å². The highest BCUT2D eigenvalue weighted by Crippen LogP contribution is 2.14. The van der Waals surface area contributed by atoms with Gasteiger partial charge < -0.3 is 16.2 Å². The maximum atomic E-state index is 8.76. The van der Waals surface area contributed by atoms with E-state index in [0.717, 1.165) is 5.69 Å². The van der Waals surface area contributed by atoms with E-state index in [0.29, 0.717) is 5.82 Å². The lowest BCUT2D eigenvalue weighted by Gasteiger charge is -2.12. The van der Waals surface area contributed by atoms with Crippen LogP contribution in [0.25, 0.3) is 0 Å². The molecule has 0 aliphatic heterocycles. The van der Waals surface area contributed by atoms with Crippen molar-refractivity contribution in [2.75, 3.05) is 17.7 Å². The third kappa shape index (κ3) is 2.10. The molecule has 1 atom stereocenters. The SMILES string of the molecule is CC(CO)Nc1cccnc1N. The number of aromatic nitrogens is 1. The van der Waals surface area contributed by atoms with Crippen LogP contribution in [0.1, 0.15) is 6.92 Å². The molecule has 1 aromatic heterocycles. The van der Waals surface area contributed by atoms with Crippen molar-refractivity contribution >= 4 is 11.5 Å². The summed E-state index contributed by atoms with van der Waals surface area (Å²) in [5.41, 5.74) is 6.33. The first-order valence-electron chi connectivity index (χ1n) is 3.82. The molecule has 0 saturated heterocycles. The van der Waals surface area contributed by atoms with Crippen LogP contribution in [-0.4, -0.2) is 22.7 Å². The Morgan fingerprint density at radius 2 is 2.50 bits per heavy atom. The quantitative estimate of drug-likeness (QED) is 0.611. The monoisotopic (exact) mass is 167 g/mol. The Balaban J connectivity index is 2.69. The van der Waals surface area contributed by atoms with Gasteiger partial charge in [0.05, 0.1) is 12.3 Å². The second-order valence-corrected chi connectivity index (χ2v) is 2.66. The standard InChI is InChI=1S/C8H13N3O/c1-6(5-12)11-7-3-2-4-10-8(7)9/h2-4,6,11-12H,5H2,1H3,(H2,9,10). The summed E-state index contributed by atoms with van der Waals surface area (Å²) in [5.74, 6) is 0.456. The zero-order chi connectivity index (χ0) is 8.97. The Hall–Kier alpha value is -1.29. The Labute approximate surface area is 71.4 Å². The van der Waals surface area contributed by atoms with E-state index in [1.807, 2.05) is 13.0 Å². The van der Waals surface area contributed by atoms with Crippen LogP contribution < -0.4 is 11.1 Å². The van der Waals surface area contributed by atoms with Gasteiger partial charge in [-0.1, -0.05) is 0 Å². The van der Waals surface area contributed by atoms with Gasteiger partial charge in [-0.05, 0) is 19.1 Å². The van der Waals surface area contributed by atoms with Crippen molar-refractivity contribution in [2.45, 2.75) is 13.0 Å². The average molecular weight is 167 g/mol. The largest absolute Gasteiger partial charge is 0.394 e. The van der Waals surface area contributed by atoms with E-state index in [1.165, 1.54) is 0 Å². The van der Waals surface area contributed by atoms with Crippen molar-refractivity contribution in [2.24, 2.45) is 0 Å². The minimum absolute atomic E-state index is 0.00324. The molecule has 1 aromatic rings. The molecular weight excluding hydrogens is 154 g/mol. The maximum absolute atomic E-state index is 8.76. The lowest BCUT2D eigenvalue weighted by Crippen LogP contribution is -2.20. The summed E-state index contributed by atoms with van der Waals surface area (Å²) in [6, 6.07) is 3.62. The average Bonchev–Trinajstić information content (AvgIpc) is 2.09. The molecule has 0 radical (unpaired) electrons. The Bertz CT molecular complexity index is 252. The van der Waals surface area contributed by atoms with E-state index in [-0.39, 0.29) is 12.6 Å². The molecule has 0 bridgehead atoms. The second kappa shape index (κ2) is 3.92. The number of hydrogen-bond donors (Lipinski definition) is 3. The number of aliphatic hydroxyl groups is 1. The van der Waals surface area contributed by atoms with Crippen molar-refractivity contribution < 1.29 is 5.11 Å². The number of nitrogens with one attached hydrogen (secondary N) is 1. The van der Waals surface area contributed by atoms with Gasteiger partial charge in [0, 0.05) is 12.2 Å². The first kappa shape index (κ1) is 8.80. The summed E-state index contributed by atoms with van der Waals surface area (Å²) >= 11 is 0. The van der Waals surface area contributed by atoms with Crippen LogP contribution in [0.15, 0.2) is 18.3 Å². The van der Waals surface area contributed by atoms with E-state index in [2.05, 4.69) is 10.3 Å². The van der Waals surface area contributed by atoms with E-state index < -0.39 is 0 Å². The van der Waals surface area contributed by atoms with Crippen molar-refractivity contribution in [1.29, 1.82) is 0 Å². The number of aliphatic hydroxyl groups excluding tert-OH is 1. The minimum atomic E-state index is -0.00324. The molecule has 4 heteroatoms. The summed E-state index contributed by atoms with van der Waals surface area (Å²) < 4.78 is 0. The van der Waals surface area contributed by atoms with Crippen molar-refractivity contribution in [3.8, 4) is 0 Å². The first-order chi connectivity index (χ1) is 5.74. The summed E-state index contributed by atoms with van der Waals surface area (Å²) in [5, 5.41) is 11.8. The van der Waals surface area contributed by atoms with Gasteiger partial charge in [-0.3, -0.25) is 0 Å². The van der Waals surface area contributed by atoms with Crippen LogP contribution in [0.5, 0.6) is 0 Å². The molecule has 12 heavy (non-hydrogen) atoms. The zero-order valence-electron chi connectivity index (χ0n) is 6.99. The fourth-order valence-corrected chi connectivity index (χ4v) is 0.851. The Kier molecular flexibility index (Phi) is 2.88. The molecule has 1 rings (SSSR count). The van der Waals surface area contributed by atoms with Crippen LogP contribution in [0, 0.1) is 0 Å². The molecule has 0 amide bonds. The molecule has 0 aliphatic carbocycles. The summed E-state index contributed by atoms with van der Waals surface area (Å²) in [7, 11) is 0. The molecule has 0 spiro atoms. The maximum Gasteiger partial charge on any atom is 0.146 e. The molecule has 4 nitrogen and oxygen atoms in total. The number of nitrogens with two attached hydrogens (primary N) is 1. The van der Waals surface area contributed by atoms with Gasteiger partial charge in [0.15, 0.2) is 0 Å². The number of hydrogen-bond acceptors (Lipinski definition) is 4.